The second kappa shape index (κ2) is 10.2. The topological polar surface area (TPSA) is 40.5 Å². The van der Waals surface area contributed by atoms with Crippen molar-refractivity contribution in [1.29, 1.82) is 0 Å². The van der Waals surface area contributed by atoms with Crippen molar-refractivity contribution in [3.05, 3.63) is 120 Å². The lowest BCUT2D eigenvalue weighted by atomic mass is 9.80. The van der Waals surface area contributed by atoms with Gasteiger partial charge in [-0.2, -0.15) is 0 Å². The minimum atomic E-state index is -4.53. The molecule has 4 rings (SSSR count). The zero-order chi connectivity index (χ0) is 33.2. The minimum absolute atomic E-state index is 0. The van der Waals surface area contributed by atoms with E-state index in [-0.39, 0.29) is 28.0 Å². The van der Waals surface area contributed by atoms with E-state index in [9.17, 15) is 10.0 Å². The van der Waals surface area contributed by atoms with Crippen molar-refractivity contribution < 1.29 is 47.6 Å². The van der Waals surface area contributed by atoms with Gasteiger partial charge in [0.2, 0.25) is 0 Å². The van der Waals surface area contributed by atoms with Crippen molar-refractivity contribution in [3.8, 4) is 0 Å². The van der Waals surface area contributed by atoms with Gasteiger partial charge in [0.25, 0.3) is 0 Å². The van der Waals surface area contributed by atoms with Crippen molar-refractivity contribution in [1.82, 2.24) is 0 Å². The fourth-order valence-corrected chi connectivity index (χ4v) is 6.37. The molecular weight excluding hydrogens is 454 g/mol. The molecule has 150 valence electrons. The molecule has 30 heavy (non-hydrogen) atoms. The third-order valence-electron chi connectivity index (χ3n) is 4.27. The highest BCUT2D eigenvalue weighted by Crippen LogP contribution is 2.58. The van der Waals surface area contributed by atoms with E-state index >= 15 is 0 Å². The molecule has 2 N–H and O–H groups in total. The second-order valence-corrected chi connectivity index (χ2v) is 9.28. The average Bonchev–Trinajstić information content (AvgIpc) is 2.99. The Balaban J connectivity index is 0.00000552. The van der Waals surface area contributed by atoms with E-state index in [4.69, 9.17) is 20.6 Å². The third-order valence-corrected chi connectivity index (χ3v) is 8.08. The summed E-state index contributed by atoms with van der Waals surface area (Å²) in [5, 5.41) is 17.9. The third kappa shape index (κ3) is 4.58. The number of benzene rings is 4. The molecule has 0 aliphatic carbocycles. The van der Waals surface area contributed by atoms with Gasteiger partial charge >= 0.3 is 7.12 Å². The summed E-state index contributed by atoms with van der Waals surface area (Å²) in [5.74, 6) is 0. The molecule has 0 heterocycles. The molecule has 0 aromatic heterocycles. The van der Waals surface area contributed by atoms with Crippen LogP contribution < -0.4 is 38.4 Å². The summed E-state index contributed by atoms with van der Waals surface area (Å²) >= 11 is 0. The molecule has 2 nitrogen and oxygen atoms in total. The predicted molar refractivity (Wildman–Crippen MR) is 125 cm³/mol. The van der Waals surface area contributed by atoms with E-state index in [0.29, 0.717) is 0 Å². The van der Waals surface area contributed by atoms with Crippen LogP contribution in [0.5, 0.6) is 0 Å². The molecule has 5 heteroatoms. The molecule has 4 aromatic rings. The van der Waals surface area contributed by atoms with Crippen LogP contribution in [0, 0.1) is 0 Å². The van der Waals surface area contributed by atoms with Gasteiger partial charge in [-0.05, 0) is 47.3 Å². The maximum atomic E-state index is 9.85. The smallest absolute Gasteiger partial charge is 0.488 e. The molecule has 0 aliphatic rings. The number of hydrogen-bond acceptors (Lipinski definition) is 2. The Hall–Kier alpha value is -2.23. The molecule has 0 bridgehead atoms. The van der Waals surface area contributed by atoms with Crippen molar-refractivity contribution >= 4 is 35.8 Å². The number of halogens is 1. The lowest BCUT2D eigenvalue weighted by molar-refractivity contribution is -0.00000822. The molecule has 0 aliphatic heterocycles. The van der Waals surface area contributed by atoms with Gasteiger partial charge in [-0.25, -0.2) is 0 Å². The fourth-order valence-electron chi connectivity index (χ4n) is 3.00. The Kier molecular flexibility index (Phi) is 3.37. The van der Waals surface area contributed by atoms with Crippen LogP contribution >= 0.6 is 7.26 Å². The lowest BCUT2D eigenvalue weighted by Gasteiger charge is -2.28. The molecule has 0 fully saturated rings. The summed E-state index contributed by atoms with van der Waals surface area (Å²) in [4.78, 5) is 0. The Morgan fingerprint density at radius 3 is 1.53 bits per heavy atom. The van der Waals surface area contributed by atoms with E-state index in [2.05, 4.69) is 0 Å². The summed E-state index contributed by atoms with van der Waals surface area (Å²) in [6.45, 7) is 0. The Morgan fingerprint density at radius 2 is 1.13 bits per heavy atom. The maximum Gasteiger partial charge on any atom is 0.488 e. The lowest BCUT2D eigenvalue weighted by Crippen LogP contribution is -3.00. The Morgan fingerprint density at radius 1 is 0.700 bits per heavy atom. The summed E-state index contributed by atoms with van der Waals surface area (Å²) in [7, 11) is -6.51. The maximum absolute atomic E-state index is 9.85. The molecule has 0 atom stereocenters. The van der Waals surface area contributed by atoms with E-state index < -0.39 is 127 Å². The largest absolute Gasteiger partial charge is 1.00 e. The summed E-state index contributed by atoms with van der Waals surface area (Å²) in [5.41, 5.74) is 0.0816. The first-order valence-electron chi connectivity index (χ1n) is 16.0. The summed E-state index contributed by atoms with van der Waals surface area (Å²) < 4.78 is 128. The van der Waals surface area contributed by atoms with Gasteiger partial charge in [-0.3, -0.25) is 0 Å². The van der Waals surface area contributed by atoms with Gasteiger partial charge in [0.05, 0.1) is 26.7 Å². The van der Waals surface area contributed by atoms with Crippen molar-refractivity contribution in [2.45, 2.75) is 6.16 Å². The van der Waals surface area contributed by atoms with E-state index in [1.54, 1.807) is 0 Å². The molecule has 0 amide bonds. The SMILES string of the molecule is [2H]c1c([2H])c([2H])c([P+](Cc2cccc(B(O)O)c2)(c2c([2H])c([2H])c([2H])c([2H])c2[2H])c2c([2H])c([2H])c([2H])c([2H])c2[2H])c([2H])c1[2H].[Br-]. The monoisotopic (exact) mass is 491 g/mol. The van der Waals surface area contributed by atoms with Crippen LogP contribution in [-0.2, 0) is 6.16 Å². The van der Waals surface area contributed by atoms with Crippen LogP contribution in [0.15, 0.2) is 115 Å². The summed E-state index contributed by atoms with van der Waals surface area (Å²) in [6, 6.07) is -7.30. The van der Waals surface area contributed by atoms with Crippen molar-refractivity contribution in [3.63, 3.8) is 0 Å². The molecule has 0 saturated heterocycles. The quantitative estimate of drug-likeness (QED) is 0.291. The Labute approximate surface area is 210 Å². The van der Waals surface area contributed by atoms with Crippen LogP contribution in [0.1, 0.15) is 26.1 Å². The second-order valence-electron chi connectivity index (χ2n) is 6.01. The van der Waals surface area contributed by atoms with Crippen LogP contribution in [0.2, 0.25) is 0 Å². The fraction of sp³-hybridized carbons (Fsp3) is 0.0400. The minimum Gasteiger partial charge on any atom is -1.00 e. The average molecular weight is 492 g/mol. The van der Waals surface area contributed by atoms with E-state index in [0.717, 1.165) is 0 Å². The van der Waals surface area contributed by atoms with Crippen molar-refractivity contribution in [2.75, 3.05) is 0 Å². The summed E-state index contributed by atoms with van der Waals surface area (Å²) in [6.07, 6.45) is -0.594. The highest BCUT2D eigenvalue weighted by Gasteiger charge is 2.45. The molecular formula is C25H23BBrO2P. The van der Waals surface area contributed by atoms with Gasteiger partial charge in [-0.15, -0.1) is 0 Å². The number of rotatable bonds is 6. The van der Waals surface area contributed by atoms with Crippen LogP contribution in [0.4, 0.5) is 0 Å². The Bertz CT molecular complexity index is 1600. The molecule has 0 spiro atoms. The highest BCUT2D eigenvalue weighted by molar-refractivity contribution is 7.95. The first-order chi connectivity index (χ1) is 20.4. The van der Waals surface area contributed by atoms with E-state index in [1.165, 1.54) is 24.3 Å². The van der Waals surface area contributed by atoms with E-state index in [1.807, 2.05) is 0 Å². The zero-order valence-electron chi connectivity index (χ0n) is 30.3. The number of hydrogen-bond donors (Lipinski definition) is 2. The molecule has 0 radical (unpaired) electrons. The van der Waals surface area contributed by atoms with Gasteiger partial charge in [0, 0.05) is 0 Å². The highest BCUT2D eigenvalue weighted by atomic mass is 79.9. The molecule has 0 unspecified atom stereocenters. The normalized spacial score (nSPS) is 17.9. The van der Waals surface area contributed by atoms with Crippen LogP contribution in [-0.4, -0.2) is 17.2 Å². The predicted octanol–water partition coefficient (Wildman–Crippen LogP) is -0.136. The van der Waals surface area contributed by atoms with Gasteiger partial charge in [0.1, 0.15) is 23.2 Å². The standard InChI is InChI=1S/C25H23BO2P.BrH/c27-26(28)22-12-10-11-21(19-22)20-29(23-13-4-1-5-14-23,24-15-6-2-7-16-24)25-17-8-3-9-18-25;/h1-19,27-28H,20H2;1H/q+1;/p-1/i1D,2D,3D,4D,5D,6D,7D,8D,9D,13D,14D,15D,16D,17D,18D;. The van der Waals surface area contributed by atoms with Crippen LogP contribution in [0.3, 0.4) is 0 Å². The first kappa shape index (κ1) is 9.93. The van der Waals surface area contributed by atoms with Crippen LogP contribution in [0.25, 0.3) is 0 Å². The zero-order valence-corrected chi connectivity index (χ0v) is 17.8. The first-order valence-corrected chi connectivity index (χ1v) is 10.4. The molecule has 0 saturated carbocycles. The van der Waals surface area contributed by atoms with Gasteiger partial charge in [0.15, 0.2) is 0 Å². The van der Waals surface area contributed by atoms with Gasteiger partial charge in [-0.1, -0.05) is 78.6 Å². The van der Waals surface area contributed by atoms with Gasteiger partial charge < -0.3 is 27.0 Å². The molecule has 4 aromatic carbocycles. The van der Waals surface area contributed by atoms with Crippen molar-refractivity contribution in [2.24, 2.45) is 0 Å².